The minimum atomic E-state index is -0.882. The fourth-order valence-electron chi connectivity index (χ4n) is 5.45. The van der Waals surface area contributed by atoms with Gasteiger partial charge in [0.2, 0.25) is 0 Å². The molecule has 0 aromatic rings. The summed E-state index contributed by atoms with van der Waals surface area (Å²) in [5, 5.41) is 9.55. The van der Waals surface area contributed by atoms with Crippen LogP contribution in [0.25, 0.3) is 0 Å². The van der Waals surface area contributed by atoms with E-state index >= 15 is 0 Å². The van der Waals surface area contributed by atoms with Crippen LogP contribution in [0.2, 0.25) is 0 Å². The average Bonchev–Trinajstić information content (AvgIpc) is 3.01. The van der Waals surface area contributed by atoms with E-state index in [0.29, 0.717) is 19.3 Å². The molecule has 2 unspecified atom stereocenters. The summed E-state index contributed by atoms with van der Waals surface area (Å²) in [5.74, 6) is -1.56. The van der Waals surface area contributed by atoms with Crippen LogP contribution in [0, 0.1) is 0 Å². The van der Waals surface area contributed by atoms with Gasteiger partial charge in [-0.1, -0.05) is 134 Å². The second kappa shape index (κ2) is 31.1. The first kappa shape index (κ1) is 44.8. The van der Waals surface area contributed by atoms with Crippen molar-refractivity contribution in [2.75, 3.05) is 41.0 Å². The van der Waals surface area contributed by atoms with E-state index < -0.39 is 18.1 Å². The molecular formula is C39H72NO7+. The normalized spacial score (nSPS) is 13.3. The number of aliphatic carboxylic acids is 1. The predicted molar refractivity (Wildman–Crippen MR) is 192 cm³/mol. The monoisotopic (exact) mass is 667 g/mol. The van der Waals surface area contributed by atoms with Gasteiger partial charge in [0.15, 0.2) is 12.1 Å². The van der Waals surface area contributed by atoms with Crippen LogP contribution in [0.4, 0.5) is 0 Å². The smallest absolute Gasteiger partial charge is 0.362 e. The van der Waals surface area contributed by atoms with E-state index in [9.17, 15) is 19.5 Å². The zero-order valence-corrected chi connectivity index (χ0v) is 31.0. The molecule has 0 aliphatic heterocycles. The van der Waals surface area contributed by atoms with E-state index in [2.05, 4.69) is 26.0 Å². The first-order valence-electron chi connectivity index (χ1n) is 18.9. The molecule has 0 fully saturated rings. The molecular weight excluding hydrogens is 594 g/mol. The van der Waals surface area contributed by atoms with Crippen molar-refractivity contribution in [1.82, 2.24) is 0 Å². The fourth-order valence-corrected chi connectivity index (χ4v) is 5.45. The van der Waals surface area contributed by atoms with Gasteiger partial charge in [-0.3, -0.25) is 9.59 Å². The molecule has 0 bridgehead atoms. The van der Waals surface area contributed by atoms with Crippen LogP contribution >= 0.6 is 0 Å². The van der Waals surface area contributed by atoms with Crippen molar-refractivity contribution in [3.8, 4) is 0 Å². The molecule has 0 saturated heterocycles. The predicted octanol–water partition coefficient (Wildman–Crippen LogP) is 9.35. The summed E-state index contributed by atoms with van der Waals surface area (Å²) < 4.78 is 17.1. The Morgan fingerprint density at radius 3 is 1.70 bits per heavy atom. The Morgan fingerprint density at radius 1 is 0.660 bits per heavy atom. The number of carbonyl (C=O) groups excluding carboxylic acids is 2. The Bertz CT molecular complexity index is 834. The van der Waals surface area contributed by atoms with E-state index in [1.807, 2.05) is 33.3 Å². The summed E-state index contributed by atoms with van der Waals surface area (Å²) in [4.78, 5) is 36.6. The number of esters is 2. The third-order valence-electron chi connectivity index (χ3n) is 8.38. The molecule has 0 heterocycles. The van der Waals surface area contributed by atoms with Gasteiger partial charge < -0.3 is 23.8 Å². The van der Waals surface area contributed by atoms with Gasteiger partial charge in [0, 0.05) is 19.3 Å². The SMILES string of the molecule is CC/C=C/C/C=C/CCC(=O)OCC(COCCC(C(=O)O)[N+](C)(C)C)OC(=O)CCCCCCCCCCCCCCCCCC. The molecule has 0 aromatic heterocycles. The minimum Gasteiger partial charge on any atom is -0.477 e. The highest BCUT2D eigenvalue weighted by atomic mass is 16.6. The number of likely N-dealkylation sites (N-methyl/N-ethyl adjacent to an activating group) is 1. The molecule has 8 nitrogen and oxygen atoms in total. The third-order valence-corrected chi connectivity index (χ3v) is 8.38. The number of quaternary nitrogens is 1. The van der Waals surface area contributed by atoms with Crippen LogP contribution in [0.15, 0.2) is 24.3 Å². The maximum absolute atomic E-state index is 12.6. The maximum Gasteiger partial charge on any atom is 0.362 e. The van der Waals surface area contributed by atoms with E-state index in [4.69, 9.17) is 14.2 Å². The quantitative estimate of drug-likeness (QED) is 0.0322. The number of unbranched alkanes of at least 4 members (excludes halogenated alkanes) is 15. The fraction of sp³-hybridized carbons (Fsp3) is 0.821. The molecule has 8 heteroatoms. The van der Waals surface area contributed by atoms with Crippen molar-refractivity contribution in [2.24, 2.45) is 0 Å². The zero-order valence-electron chi connectivity index (χ0n) is 31.0. The largest absolute Gasteiger partial charge is 0.477 e. The first-order valence-corrected chi connectivity index (χ1v) is 18.9. The zero-order chi connectivity index (χ0) is 35.0. The lowest BCUT2D eigenvalue weighted by Crippen LogP contribution is -2.50. The summed E-state index contributed by atoms with van der Waals surface area (Å²) >= 11 is 0. The average molecular weight is 667 g/mol. The van der Waals surface area contributed by atoms with Gasteiger partial charge in [0.25, 0.3) is 0 Å². The van der Waals surface area contributed by atoms with E-state index in [-0.39, 0.29) is 42.7 Å². The van der Waals surface area contributed by atoms with Gasteiger partial charge in [-0.15, -0.1) is 0 Å². The second-order valence-corrected chi connectivity index (χ2v) is 13.8. The van der Waals surface area contributed by atoms with Crippen molar-refractivity contribution >= 4 is 17.9 Å². The number of rotatable bonds is 33. The molecule has 2 atom stereocenters. The van der Waals surface area contributed by atoms with Crippen molar-refractivity contribution in [3.05, 3.63) is 24.3 Å². The number of carboxylic acid groups (broad SMARTS) is 1. The summed E-state index contributed by atoms with van der Waals surface area (Å²) in [6.45, 7) is 4.52. The standard InChI is InChI=1S/C39H71NO7/c1-6-8-10-12-14-15-16-17-18-19-20-21-22-24-26-28-30-38(42)47-35(33-45-32-31-36(39(43)44)40(3,4)5)34-46-37(41)29-27-25-23-13-11-9-7-2/h9,11,23,25,35-36H,6-8,10,12-22,24,26-34H2,1-5H3/p+1/b11-9+,25-23+. The highest BCUT2D eigenvalue weighted by Crippen LogP contribution is 2.15. The van der Waals surface area contributed by atoms with E-state index in [1.54, 1.807) is 0 Å². The molecule has 0 aliphatic carbocycles. The van der Waals surface area contributed by atoms with Crippen molar-refractivity contribution in [1.29, 1.82) is 0 Å². The Kier molecular flexibility index (Phi) is 29.7. The number of ether oxygens (including phenoxy) is 3. The summed E-state index contributed by atoms with van der Waals surface area (Å²) in [6.07, 6.45) is 31.1. The van der Waals surface area contributed by atoms with E-state index in [1.165, 1.54) is 83.5 Å². The lowest BCUT2D eigenvalue weighted by molar-refractivity contribution is -0.887. The van der Waals surface area contributed by atoms with E-state index in [0.717, 1.165) is 32.1 Å². The van der Waals surface area contributed by atoms with Crippen molar-refractivity contribution in [3.63, 3.8) is 0 Å². The molecule has 0 rings (SSSR count). The molecule has 0 radical (unpaired) electrons. The molecule has 1 N–H and O–H groups in total. The molecule has 47 heavy (non-hydrogen) atoms. The molecule has 274 valence electrons. The number of nitrogens with zero attached hydrogens (tertiary/aromatic N) is 1. The number of carbonyl (C=O) groups is 3. The Hall–Kier alpha value is -2.19. The molecule has 0 amide bonds. The van der Waals surface area contributed by atoms with Crippen LogP contribution in [0.1, 0.15) is 155 Å². The highest BCUT2D eigenvalue weighted by molar-refractivity contribution is 5.72. The van der Waals surface area contributed by atoms with Gasteiger partial charge in [-0.05, 0) is 25.7 Å². The van der Waals surface area contributed by atoms with Gasteiger partial charge in [0.05, 0.1) is 34.4 Å². The summed E-state index contributed by atoms with van der Waals surface area (Å²) in [6, 6.07) is -0.616. The van der Waals surface area contributed by atoms with Crippen LogP contribution < -0.4 is 0 Å². The van der Waals surface area contributed by atoms with Crippen molar-refractivity contribution < 1.29 is 38.2 Å². The van der Waals surface area contributed by atoms with Crippen molar-refractivity contribution in [2.45, 2.75) is 167 Å². The Morgan fingerprint density at radius 2 is 1.19 bits per heavy atom. The summed E-state index contributed by atoms with van der Waals surface area (Å²) in [5.41, 5.74) is 0. The van der Waals surface area contributed by atoms with Crippen LogP contribution in [0.3, 0.4) is 0 Å². The maximum atomic E-state index is 12.6. The van der Waals surface area contributed by atoms with Gasteiger partial charge >= 0.3 is 17.9 Å². The first-order chi connectivity index (χ1) is 22.6. The van der Waals surface area contributed by atoms with Gasteiger partial charge in [-0.2, -0.15) is 0 Å². The van der Waals surface area contributed by atoms with Gasteiger partial charge in [-0.25, -0.2) is 4.79 Å². The number of hydrogen-bond donors (Lipinski definition) is 1. The Labute approximate surface area is 288 Å². The number of hydrogen-bond acceptors (Lipinski definition) is 6. The molecule has 0 saturated carbocycles. The van der Waals surface area contributed by atoms with Crippen LogP contribution in [-0.4, -0.2) is 80.6 Å². The highest BCUT2D eigenvalue weighted by Gasteiger charge is 2.31. The molecule has 0 spiro atoms. The number of carboxylic acids is 1. The number of allylic oxidation sites excluding steroid dienone is 4. The molecule has 0 aromatic carbocycles. The second-order valence-electron chi connectivity index (χ2n) is 13.8. The topological polar surface area (TPSA) is 99.1 Å². The molecule has 0 aliphatic rings. The summed E-state index contributed by atoms with van der Waals surface area (Å²) in [7, 11) is 5.50. The third kappa shape index (κ3) is 29.7. The van der Waals surface area contributed by atoms with Crippen LogP contribution in [-0.2, 0) is 28.6 Å². The lowest BCUT2D eigenvalue weighted by atomic mass is 10.0. The van der Waals surface area contributed by atoms with Crippen LogP contribution in [0.5, 0.6) is 0 Å². The van der Waals surface area contributed by atoms with Gasteiger partial charge in [0.1, 0.15) is 6.61 Å². The minimum absolute atomic E-state index is 0.0468. The Balaban J connectivity index is 4.35. The lowest BCUT2D eigenvalue weighted by Gasteiger charge is -2.31.